The molecule has 1 rings (SSSR count). The first-order valence-electron chi connectivity index (χ1n) is 3.57. The van der Waals surface area contributed by atoms with E-state index in [0.717, 1.165) is 0 Å². The van der Waals surface area contributed by atoms with Crippen LogP contribution in [0.3, 0.4) is 0 Å². The van der Waals surface area contributed by atoms with Crippen LogP contribution in [0, 0.1) is 0 Å². The number of carbonyl (C=O) groups is 1. The molecule has 0 aliphatic heterocycles. The summed E-state index contributed by atoms with van der Waals surface area (Å²) < 4.78 is 13.8. The Morgan fingerprint density at radius 2 is 2.58 bits per heavy atom. The first kappa shape index (κ1) is 8.70. The Morgan fingerprint density at radius 1 is 1.92 bits per heavy atom. The number of amides is 1. The Labute approximate surface area is 69.2 Å². The number of primary amides is 1. The van der Waals surface area contributed by atoms with Crippen LogP contribution in [0.2, 0.25) is 0 Å². The van der Waals surface area contributed by atoms with Crippen LogP contribution in [0.1, 0.15) is 17.4 Å². The summed E-state index contributed by atoms with van der Waals surface area (Å²) in [5.41, 5.74) is 5.25. The summed E-state index contributed by atoms with van der Waals surface area (Å²) in [6.45, 7) is 1.46. The number of alkyl halides is 1. The Bertz CT molecular complexity index is 282. The van der Waals surface area contributed by atoms with Crippen LogP contribution >= 0.6 is 0 Å². The predicted octanol–water partition coefficient (Wildman–Crippen LogP) is 0.340. The molecule has 0 fully saturated rings. The number of nitrogens with two attached hydrogens (primary N) is 1. The quantitative estimate of drug-likeness (QED) is 0.712. The van der Waals surface area contributed by atoms with Crippen LogP contribution in [0.15, 0.2) is 12.3 Å². The van der Waals surface area contributed by atoms with E-state index in [1.54, 1.807) is 0 Å². The summed E-state index contributed by atoms with van der Waals surface area (Å²) in [7, 11) is 0. The molecular formula is C7H10FN3O. The average Bonchev–Trinajstić information content (AvgIpc) is 2.33. The molecule has 1 aromatic rings. The number of hydrogen-bond acceptors (Lipinski definition) is 2. The Kier molecular flexibility index (Phi) is 2.42. The zero-order valence-electron chi connectivity index (χ0n) is 6.70. The molecule has 4 nitrogen and oxygen atoms in total. The van der Waals surface area contributed by atoms with Crippen molar-refractivity contribution in [2.45, 2.75) is 19.6 Å². The van der Waals surface area contributed by atoms with Gasteiger partial charge in [0.15, 0.2) is 0 Å². The van der Waals surface area contributed by atoms with Crippen molar-refractivity contribution in [3.63, 3.8) is 0 Å². The van der Waals surface area contributed by atoms with Gasteiger partial charge in [0.25, 0.3) is 5.91 Å². The highest BCUT2D eigenvalue weighted by atomic mass is 19.1. The van der Waals surface area contributed by atoms with Gasteiger partial charge in [-0.25, -0.2) is 4.39 Å². The van der Waals surface area contributed by atoms with E-state index in [1.807, 2.05) is 0 Å². The fraction of sp³-hybridized carbons (Fsp3) is 0.429. The molecule has 2 N–H and O–H groups in total. The summed E-state index contributed by atoms with van der Waals surface area (Å²) in [5.74, 6) is -0.590. The number of carbonyl (C=O) groups excluding carboxylic acids is 1. The SMILES string of the molecule is CC(F)Cn1nccc1C(N)=O. The molecule has 1 aromatic heterocycles. The molecule has 1 heterocycles. The van der Waals surface area contributed by atoms with Crippen molar-refractivity contribution in [2.24, 2.45) is 5.73 Å². The van der Waals surface area contributed by atoms with Gasteiger partial charge in [-0.1, -0.05) is 0 Å². The monoisotopic (exact) mass is 171 g/mol. The van der Waals surface area contributed by atoms with Gasteiger partial charge in [0.1, 0.15) is 11.9 Å². The molecule has 0 aliphatic carbocycles. The van der Waals surface area contributed by atoms with Crippen molar-refractivity contribution >= 4 is 5.91 Å². The summed E-state index contributed by atoms with van der Waals surface area (Å²) >= 11 is 0. The van der Waals surface area contributed by atoms with Crippen LogP contribution in [-0.4, -0.2) is 21.9 Å². The van der Waals surface area contributed by atoms with E-state index in [2.05, 4.69) is 5.10 Å². The molecule has 0 bridgehead atoms. The van der Waals surface area contributed by atoms with Gasteiger partial charge < -0.3 is 5.73 Å². The minimum Gasteiger partial charge on any atom is -0.364 e. The zero-order chi connectivity index (χ0) is 9.14. The molecule has 0 radical (unpaired) electrons. The highest BCUT2D eigenvalue weighted by Gasteiger charge is 2.09. The average molecular weight is 171 g/mol. The van der Waals surface area contributed by atoms with Gasteiger partial charge in [0.2, 0.25) is 0 Å². The lowest BCUT2D eigenvalue weighted by Gasteiger charge is -2.04. The number of rotatable bonds is 3. The normalized spacial score (nSPS) is 12.8. The third-order valence-corrected chi connectivity index (χ3v) is 1.39. The highest BCUT2D eigenvalue weighted by Crippen LogP contribution is 2.00. The summed E-state index contributed by atoms with van der Waals surface area (Å²) in [5, 5.41) is 3.75. The molecule has 0 spiro atoms. The van der Waals surface area contributed by atoms with Gasteiger partial charge in [0, 0.05) is 6.20 Å². The molecule has 12 heavy (non-hydrogen) atoms. The van der Waals surface area contributed by atoms with E-state index in [0.29, 0.717) is 0 Å². The second-order valence-electron chi connectivity index (χ2n) is 2.54. The maximum atomic E-state index is 12.5. The second kappa shape index (κ2) is 3.34. The number of nitrogens with zero attached hydrogens (tertiary/aromatic N) is 2. The third kappa shape index (κ3) is 1.81. The summed E-state index contributed by atoms with van der Waals surface area (Å²) in [6, 6.07) is 1.46. The van der Waals surface area contributed by atoms with Crippen molar-refractivity contribution in [1.82, 2.24) is 9.78 Å². The molecule has 1 atom stereocenters. The topological polar surface area (TPSA) is 60.9 Å². The van der Waals surface area contributed by atoms with Crippen molar-refractivity contribution in [3.05, 3.63) is 18.0 Å². The van der Waals surface area contributed by atoms with E-state index in [1.165, 1.54) is 23.9 Å². The molecule has 1 unspecified atom stereocenters. The van der Waals surface area contributed by atoms with Crippen molar-refractivity contribution in [3.8, 4) is 0 Å². The van der Waals surface area contributed by atoms with Crippen LogP contribution in [-0.2, 0) is 6.54 Å². The standard InChI is InChI=1S/C7H10FN3O/c1-5(8)4-11-6(7(9)12)2-3-10-11/h2-3,5H,4H2,1H3,(H2,9,12). The van der Waals surface area contributed by atoms with Crippen LogP contribution in [0.4, 0.5) is 4.39 Å². The van der Waals surface area contributed by atoms with Crippen LogP contribution in [0.5, 0.6) is 0 Å². The van der Waals surface area contributed by atoms with E-state index < -0.39 is 12.1 Å². The molecule has 0 saturated carbocycles. The maximum absolute atomic E-state index is 12.5. The van der Waals surface area contributed by atoms with Crippen molar-refractivity contribution < 1.29 is 9.18 Å². The Hall–Kier alpha value is -1.39. The first-order valence-corrected chi connectivity index (χ1v) is 3.57. The Balaban J connectivity index is 2.84. The fourth-order valence-electron chi connectivity index (χ4n) is 0.926. The second-order valence-corrected chi connectivity index (χ2v) is 2.54. The van der Waals surface area contributed by atoms with Gasteiger partial charge in [-0.15, -0.1) is 0 Å². The lowest BCUT2D eigenvalue weighted by molar-refractivity contribution is 0.0988. The van der Waals surface area contributed by atoms with Crippen LogP contribution < -0.4 is 5.73 Å². The van der Waals surface area contributed by atoms with E-state index in [-0.39, 0.29) is 12.2 Å². The van der Waals surface area contributed by atoms with E-state index >= 15 is 0 Å². The molecule has 5 heteroatoms. The highest BCUT2D eigenvalue weighted by molar-refractivity contribution is 5.90. The third-order valence-electron chi connectivity index (χ3n) is 1.39. The van der Waals surface area contributed by atoms with Crippen molar-refractivity contribution in [2.75, 3.05) is 0 Å². The van der Waals surface area contributed by atoms with Gasteiger partial charge >= 0.3 is 0 Å². The lowest BCUT2D eigenvalue weighted by atomic mass is 10.4. The van der Waals surface area contributed by atoms with Gasteiger partial charge in [-0.3, -0.25) is 9.48 Å². The molecule has 1 amide bonds. The minimum absolute atomic E-state index is 0.0608. The van der Waals surface area contributed by atoms with Gasteiger partial charge in [-0.05, 0) is 13.0 Å². The van der Waals surface area contributed by atoms with E-state index in [9.17, 15) is 9.18 Å². The van der Waals surface area contributed by atoms with Gasteiger partial charge in [0.05, 0.1) is 6.54 Å². The van der Waals surface area contributed by atoms with Crippen molar-refractivity contribution in [1.29, 1.82) is 0 Å². The lowest BCUT2D eigenvalue weighted by Crippen LogP contribution is -2.20. The largest absolute Gasteiger partial charge is 0.364 e. The minimum atomic E-state index is -1.04. The first-order chi connectivity index (χ1) is 5.61. The predicted molar refractivity (Wildman–Crippen MR) is 41.3 cm³/mol. The summed E-state index contributed by atoms with van der Waals surface area (Å²) in [6.07, 6.45) is 0.380. The van der Waals surface area contributed by atoms with Gasteiger partial charge in [-0.2, -0.15) is 5.10 Å². The fourth-order valence-corrected chi connectivity index (χ4v) is 0.926. The molecule has 66 valence electrons. The Morgan fingerprint density at radius 3 is 3.08 bits per heavy atom. The number of hydrogen-bond donors (Lipinski definition) is 1. The summed E-state index contributed by atoms with van der Waals surface area (Å²) in [4.78, 5) is 10.7. The number of halogens is 1. The van der Waals surface area contributed by atoms with Crippen LogP contribution in [0.25, 0.3) is 0 Å². The zero-order valence-corrected chi connectivity index (χ0v) is 6.70. The molecule has 0 aromatic carbocycles. The molecule has 0 saturated heterocycles. The molecule has 0 aliphatic rings. The van der Waals surface area contributed by atoms with E-state index in [4.69, 9.17) is 5.73 Å². The smallest absolute Gasteiger partial charge is 0.266 e. The maximum Gasteiger partial charge on any atom is 0.266 e. The number of aromatic nitrogens is 2. The molecular weight excluding hydrogens is 161 g/mol.